The molecule has 216 valence electrons. The fraction of sp³-hybridized carbons (Fsp3) is 0.243. The molecule has 6 heteroatoms. The van der Waals surface area contributed by atoms with Crippen LogP contribution in [0.3, 0.4) is 0 Å². The van der Waals surface area contributed by atoms with E-state index in [-0.39, 0.29) is 12.6 Å². The molecule has 2 aliphatic carbocycles. The lowest BCUT2D eigenvalue weighted by Gasteiger charge is -2.13. The Balaban J connectivity index is 1.13. The first-order chi connectivity index (χ1) is 20.9. The molecule has 2 aliphatic rings. The maximum Gasteiger partial charge on any atom is 0.412 e. The van der Waals surface area contributed by atoms with E-state index in [4.69, 9.17) is 13.9 Å². The molecule has 0 bridgehead atoms. The monoisotopic (exact) mass is 571 g/mol. The number of amides is 1. The second-order valence-electron chi connectivity index (χ2n) is 11.7. The quantitative estimate of drug-likeness (QED) is 0.188. The smallest absolute Gasteiger partial charge is 0.412 e. The third-order valence-corrected chi connectivity index (χ3v) is 8.75. The van der Waals surface area contributed by atoms with E-state index in [9.17, 15) is 9.59 Å². The summed E-state index contributed by atoms with van der Waals surface area (Å²) in [5.74, 6) is 0.986. The van der Waals surface area contributed by atoms with E-state index in [1.807, 2.05) is 91.9 Å². The van der Waals surface area contributed by atoms with Crippen molar-refractivity contribution in [3.63, 3.8) is 0 Å². The van der Waals surface area contributed by atoms with Crippen LogP contribution in [0.4, 0.5) is 10.5 Å². The summed E-state index contributed by atoms with van der Waals surface area (Å²) in [6, 6.07) is 30.3. The number of benzene rings is 4. The Hall–Kier alpha value is -4.84. The van der Waals surface area contributed by atoms with Gasteiger partial charge in [-0.3, -0.25) is 10.1 Å². The summed E-state index contributed by atoms with van der Waals surface area (Å²) in [4.78, 5) is 25.4. The van der Waals surface area contributed by atoms with Crippen LogP contribution in [-0.4, -0.2) is 19.2 Å². The standard InChI is InChI=1S/C37H33NO5/c1-23-7-18-32-31(21-23)33(38-36(40)42-22-28-5-3-4-6-30(28)26-10-11-26)34(43-32)27-12-8-24(9-13-27)25-14-16-29(17-15-25)37(19-20-37)35(39)41-2/h3-9,12-18,21,26H,10-11,19-20,22H2,1-2H3,(H,38,40). The number of hydrogen-bond donors (Lipinski definition) is 1. The molecule has 0 saturated heterocycles. The largest absolute Gasteiger partial charge is 0.468 e. The minimum atomic E-state index is -0.520. The zero-order valence-electron chi connectivity index (χ0n) is 24.3. The topological polar surface area (TPSA) is 77.8 Å². The van der Waals surface area contributed by atoms with E-state index in [1.54, 1.807) is 0 Å². The van der Waals surface area contributed by atoms with Gasteiger partial charge in [-0.25, -0.2) is 4.79 Å². The highest BCUT2D eigenvalue weighted by Crippen LogP contribution is 2.49. The van der Waals surface area contributed by atoms with E-state index in [2.05, 4.69) is 11.4 Å². The molecule has 0 atom stereocenters. The van der Waals surface area contributed by atoms with Crippen molar-refractivity contribution in [1.82, 2.24) is 0 Å². The molecule has 0 spiro atoms. The van der Waals surface area contributed by atoms with Crippen LogP contribution in [0, 0.1) is 6.92 Å². The van der Waals surface area contributed by atoms with Crippen molar-refractivity contribution in [3.8, 4) is 22.5 Å². The maximum atomic E-state index is 13.1. The minimum absolute atomic E-state index is 0.165. The number of hydrogen-bond acceptors (Lipinski definition) is 5. The van der Waals surface area contributed by atoms with E-state index in [0.29, 0.717) is 22.9 Å². The Kier molecular flexibility index (Phi) is 6.77. The van der Waals surface area contributed by atoms with Crippen LogP contribution in [0.1, 0.15) is 53.9 Å². The first-order valence-corrected chi connectivity index (χ1v) is 14.8. The van der Waals surface area contributed by atoms with Crippen LogP contribution < -0.4 is 5.32 Å². The Bertz CT molecular complexity index is 1830. The second kappa shape index (κ2) is 10.8. The van der Waals surface area contributed by atoms with Crippen molar-refractivity contribution in [3.05, 3.63) is 113 Å². The predicted octanol–water partition coefficient (Wildman–Crippen LogP) is 8.91. The first kappa shape index (κ1) is 27.0. The fourth-order valence-electron chi connectivity index (χ4n) is 6.01. The summed E-state index contributed by atoms with van der Waals surface area (Å²) in [5.41, 5.74) is 8.10. The molecular weight excluding hydrogens is 538 g/mol. The fourth-order valence-corrected chi connectivity index (χ4v) is 6.01. The third kappa shape index (κ3) is 5.18. The lowest BCUT2D eigenvalue weighted by Crippen LogP contribution is -2.21. The Morgan fingerprint density at radius 2 is 1.56 bits per heavy atom. The molecule has 2 fully saturated rings. The first-order valence-electron chi connectivity index (χ1n) is 14.8. The number of rotatable bonds is 8. The number of esters is 1. The molecule has 0 unspecified atom stereocenters. The zero-order chi connectivity index (χ0) is 29.6. The van der Waals surface area contributed by atoms with Crippen molar-refractivity contribution in [1.29, 1.82) is 0 Å². The second-order valence-corrected chi connectivity index (χ2v) is 11.7. The number of carbonyl (C=O) groups is 2. The average Bonchev–Trinajstić information content (AvgIpc) is 3.98. The van der Waals surface area contributed by atoms with Crippen LogP contribution in [0.15, 0.2) is 95.4 Å². The SMILES string of the molecule is COC(=O)C1(c2ccc(-c3ccc(-c4oc5ccc(C)cc5c4NC(=O)OCc4ccccc4C4CC4)cc3)cc2)CC1. The molecule has 0 aliphatic heterocycles. The normalized spacial score (nSPS) is 15.2. The molecule has 1 N–H and O–H groups in total. The predicted molar refractivity (Wildman–Crippen MR) is 167 cm³/mol. The van der Waals surface area contributed by atoms with Gasteiger partial charge < -0.3 is 13.9 Å². The van der Waals surface area contributed by atoms with Gasteiger partial charge in [0, 0.05) is 10.9 Å². The highest BCUT2D eigenvalue weighted by molar-refractivity contribution is 6.05. The minimum Gasteiger partial charge on any atom is -0.468 e. The lowest BCUT2D eigenvalue weighted by molar-refractivity contribution is -0.143. The van der Waals surface area contributed by atoms with Crippen LogP contribution in [-0.2, 0) is 26.3 Å². The average molecular weight is 572 g/mol. The number of ether oxygens (including phenoxy) is 2. The van der Waals surface area contributed by atoms with Crippen LogP contribution in [0.2, 0.25) is 0 Å². The molecule has 0 radical (unpaired) electrons. The van der Waals surface area contributed by atoms with Crippen LogP contribution in [0.25, 0.3) is 33.4 Å². The number of methoxy groups -OCH3 is 1. The maximum absolute atomic E-state index is 13.1. The van der Waals surface area contributed by atoms with Gasteiger partial charge in [-0.15, -0.1) is 0 Å². The van der Waals surface area contributed by atoms with E-state index in [1.165, 1.54) is 25.5 Å². The summed E-state index contributed by atoms with van der Waals surface area (Å²) in [7, 11) is 1.44. The van der Waals surface area contributed by atoms with Crippen LogP contribution >= 0.6 is 0 Å². The van der Waals surface area contributed by atoms with Gasteiger partial charge in [0.2, 0.25) is 0 Å². The van der Waals surface area contributed by atoms with Gasteiger partial charge in [0.15, 0.2) is 5.76 Å². The number of aryl methyl sites for hydroxylation is 1. The summed E-state index contributed by atoms with van der Waals surface area (Å²) in [5, 5.41) is 3.81. The molecule has 6 nitrogen and oxygen atoms in total. The summed E-state index contributed by atoms with van der Waals surface area (Å²) in [6.45, 7) is 2.23. The lowest BCUT2D eigenvalue weighted by atomic mass is 9.93. The molecular formula is C37H33NO5. The molecule has 7 rings (SSSR count). The Morgan fingerprint density at radius 1 is 0.884 bits per heavy atom. The summed E-state index contributed by atoms with van der Waals surface area (Å²) < 4.78 is 17.0. The van der Waals surface area contributed by atoms with Crippen molar-refractivity contribution in [2.45, 2.75) is 50.5 Å². The van der Waals surface area contributed by atoms with Gasteiger partial charge >= 0.3 is 12.1 Å². The van der Waals surface area contributed by atoms with E-state index >= 15 is 0 Å². The van der Waals surface area contributed by atoms with Gasteiger partial charge in [0.25, 0.3) is 0 Å². The molecule has 43 heavy (non-hydrogen) atoms. The number of fused-ring (bicyclic) bond motifs is 1. The summed E-state index contributed by atoms with van der Waals surface area (Å²) in [6.07, 6.45) is 3.50. The molecule has 1 aromatic heterocycles. The van der Waals surface area contributed by atoms with Crippen LogP contribution in [0.5, 0.6) is 0 Å². The molecule has 5 aromatic rings. The number of anilines is 1. The summed E-state index contributed by atoms with van der Waals surface area (Å²) >= 11 is 0. The highest BCUT2D eigenvalue weighted by Gasteiger charge is 2.52. The highest BCUT2D eigenvalue weighted by atomic mass is 16.5. The van der Waals surface area contributed by atoms with Crippen molar-refractivity contribution < 1.29 is 23.5 Å². The molecule has 4 aromatic carbocycles. The van der Waals surface area contributed by atoms with Gasteiger partial charge in [-0.2, -0.15) is 0 Å². The van der Waals surface area contributed by atoms with Gasteiger partial charge in [-0.05, 0) is 78.5 Å². The third-order valence-electron chi connectivity index (χ3n) is 8.75. The number of furan rings is 1. The van der Waals surface area contributed by atoms with E-state index < -0.39 is 11.5 Å². The molecule has 2 saturated carbocycles. The Labute approximate surface area is 250 Å². The molecule has 1 amide bonds. The van der Waals surface area contributed by atoms with Gasteiger partial charge in [0.1, 0.15) is 12.2 Å². The van der Waals surface area contributed by atoms with Gasteiger partial charge in [0.05, 0.1) is 18.2 Å². The van der Waals surface area contributed by atoms with Crippen molar-refractivity contribution in [2.24, 2.45) is 0 Å². The molecule has 1 heterocycles. The number of carbonyl (C=O) groups excluding carboxylic acids is 2. The Morgan fingerprint density at radius 3 is 2.23 bits per heavy atom. The zero-order valence-corrected chi connectivity index (χ0v) is 24.3. The van der Waals surface area contributed by atoms with Crippen molar-refractivity contribution in [2.75, 3.05) is 12.4 Å². The van der Waals surface area contributed by atoms with Gasteiger partial charge in [-0.1, -0.05) is 84.4 Å². The van der Waals surface area contributed by atoms with E-state index in [0.717, 1.165) is 51.6 Å². The van der Waals surface area contributed by atoms with Crippen molar-refractivity contribution >= 4 is 28.7 Å². The number of nitrogens with one attached hydrogen (secondary N) is 1.